The fraction of sp³-hybridized carbons (Fsp3) is 0.600. The molecule has 1 aromatic carbocycles. The maximum Gasteiger partial charge on any atom is 0.269 e. The first-order valence-corrected chi connectivity index (χ1v) is 9.70. The highest BCUT2D eigenvalue weighted by Gasteiger charge is 2.21. The predicted molar refractivity (Wildman–Crippen MR) is 126 cm³/mol. The minimum Gasteiger partial charge on any atom is -0.353 e. The number of guanidine groups is 1. The van der Waals surface area contributed by atoms with Crippen molar-refractivity contribution in [1.82, 2.24) is 15.5 Å². The van der Waals surface area contributed by atoms with E-state index in [0.717, 1.165) is 18.4 Å². The van der Waals surface area contributed by atoms with Crippen molar-refractivity contribution in [1.29, 1.82) is 0 Å². The van der Waals surface area contributed by atoms with Crippen LogP contribution >= 0.6 is 24.0 Å². The van der Waals surface area contributed by atoms with Crippen LogP contribution in [0.2, 0.25) is 0 Å². The second-order valence-electron chi connectivity index (χ2n) is 8.34. The Morgan fingerprint density at radius 1 is 1.24 bits per heavy atom. The normalized spacial score (nSPS) is 14.8. The van der Waals surface area contributed by atoms with Gasteiger partial charge in [-0.25, -0.2) is 4.99 Å². The Hall–Kier alpha value is -1.91. The SMILES string of the molecule is CN(CC(=O)NC(C)(C)C)C(=NCc1ccc([N+](=O)[O-])cc1)NC1CCCC1.I. The average Bonchev–Trinajstić information content (AvgIpc) is 3.10. The zero-order valence-corrected chi connectivity index (χ0v) is 19.9. The first-order valence-electron chi connectivity index (χ1n) is 9.70. The summed E-state index contributed by atoms with van der Waals surface area (Å²) in [5.41, 5.74) is 0.657. The minimum absolute atomic E-state index is 0. The van der Waals surface area contributed by atoms with Crippen molar-refractivity contribution in [2.75, 3.05) is 13.6 Å². The van der Waals surface area contributed by atoms with E-state index < -0.39 is 4.92 Å². The number of carbonyl (C=O) groups excluding carboxylic acids is 1. The Morgan fingerprint density at radius 2 is 1.83 bits per heavy atom. The van der Waals surface area contributed by atoms with Crippen LogP contribution in [0.25, 0.3) is 0 Å². The number of amides is 1. The number of halogens is 1. The number of likely N-dealkylation sites (N-methyl/N-ethyl adjacent to an activating group) is 1. The summed E-state index contributed by atoms with van der Waals surface area (Å²) < 4.78 is 0. The summed E-state index contributed by atoms with van der Waals surface area (Å²) in [4.78, 5) is 29.1. The lowest BCUT2D eigenvalue weighted by atomic mass is 10.1. The van der Waals surface area contributed by atoms with E-state index in [2.05, 4.69) is 15.6 Å². The molecule has 0 aliphatic heterocycles. The summed E-state index contributed by atoms with van der Waals surface area (Å²) >= 11 is 0. The van der Waals surface area contributed by atoms with Crippen LogP contribution in [0.5, 0.6) is 0 Å². The summed E-state index contributed by atoms with van der Waals surface area (Å²) in [5, 5.41) is 17.2. The third-order valence-corrected chi connectivity index (χ3v) is 4.50. The number of rotatable bonds is 6. The van der Waals surface area contributed by atoms with Crippen molar-refractivity contribution in [2.45, 2.75) is 64.6 Å². The molecule has 8 nitrogen and oxygen atoms in total. The summed E-state index contributed by atoms with van der Waals surface area (Å²) in [6, 6.07) is 6.75. The number of nitro groups is 1. The summed E-state index contributed by atoms with van der Waals surface area (Å²) in [5.74, 6) is 0.612. The molecule has 0 radical (unpaired) electrons. The second kappa shape index (κ2) is 11.3. The largest absolute Gasteiger partial charge is 0.353 e. The van der Waals surface area contributed by atoms with Gasteiger partial charge in [-0.05, 0) is 39.2 Å². The van der Waals surface area contributed by atoms with Gasteiger partial charge in [-0.2, -0.15) is 0 Å². The topological polar surface area (TPSA) is 99.9 Å². The van der Waals surface area contributed by atoms with E-state index in [1.807, 2.05) is 32.7 Å². The quantitative estimate of drug-likeness (QED) is 0.198. The monoisotopic (exact) mass is 517 g/mol. The van der Waals surface area contributed by atoms with Crippen LogP contribution in [0.1, 0.15) is 52.0 Å². The number of non-ortho nitro benzene ring substituents is 1. The molecule has 0 aromatic heterocycles. The van der Waals surface area contributed by atoms with Gasteiger partial charge in [0.05, 0.1) is 18.0 Å². The highest BCUT2D eigenvalue weighted by Crippen LogP contribution is 2.18. The lowest BCUT2D eigenvalue weighted by Gasteiger charge is -2.27. The van der Waals surface area contributed by atoms with Crippen LogP contribution in [0, 0.1) is 10.1 Å². The van der Waals surface area contributed by atoms with Crippen molar-refractivity contribution in [3.63, 3.8) is 0 Å². The number of nitro benzene ring substituents is 1. The maximum absolute atomic E-state index is 12.3. The second-order valence-corrected chi connectivity index (χ2v) is 8.34. The molecule has 29 heavy (non-hydrogen) atoms. The average molecular weight is 517 g/mol. The number of nitrogens with one attached hydrogen (secondary N) is 2. The van der Waals surface area contributed by atoms with Gasteiger partial charge in [0.1, 0.15) is 0 Å². The van der Waals surface area contributed by atoms with Crippen LogP contribution in [0.4, 0.5) is 5.69 Å². The van der Waals surface area contributed by atoms with Gasteiger partial charge in [-0.3, -0.25) is 14.9 Å². The van der Waals surface area contributed by atoms with Crippen LogP contribution in [0.15, 0.2) is 29.3 Å². The third kappa shape index (κ3) is 8.97. The number of nitrogens with zero attached hydrogens (tertiary/aromatic N) is 3. The Balaban J connectivity index is 0.00000420. The number of benzene rings is 1. The maximum atomic E-state index is 12.3. The van der Waals surface area contributed by atoms with Crippen molar-refractivity contribution < 1.29 is 9.72 Å². The lowest BCUT2D eigenvalue weighted by Crippen LogP contribution is -2.50. The molecule has 0 atom stereocenters. The standard InChI is InChI=1S/C20H31N5O3.HI/c1-20(2,3)23-18(26)14-24(4)19(22-16-7-5-6-8-16)21-13-15-9-11-17(12-10-15)25(27)28;/h9-12,16H,5-8,13-14H2,1-4H3,(H,21,22)(H,23,26);1H. The molecule has 1 amide bonds. The molecule has 0 bridgehead atoms. The molecule has 2 rings (SSSR count). The smallest absolute Gasteiger partial charge is 0.269 e. The molecule has 1 aromatic rings. The molecule has 9 heteroatoms. The zero-order valence-electron chi connectivity index (χ0n) is 17.6. The van der Waals surface area contributed by atoms with E-state index in [4.69, 9.17) is 0 Å². The first-order chi connectivity index (χ1) is 13.1. The fourth-order valence-electron chi connectivity index (χ4n) is 3.17. The van der Waals surface area contributed by atoms with E-state index in [1.54, 1.807) is 12.1 Å². The number of hydrogen-bond acceptors (Lipinski definition) is 4. The Labute approximate surface area is 189 Å². The molecule has 0 saturated heterocycles. The fourth-order valence-corrected chi connectivity index (χ4v) is 3.17. The molecule has 1 saturated carbocycles. The van der Waals surface area contributed by atoms with Gasteiger partial charge in [-0.15, -0.1) is 24.0 Å². The first kappa shape index (κ1) is 25.1. The van der Waals surface area contributed by atoms with E-state index in [1.165, 1.54) is 25.0 Å². The molecule has 0 spiro atoms. The van der Waals surface area contributed by atoms with Crippen molar-refractivity contribution in [3.8, 4) is 0 Å². The molecule has 162 valence electrons. The number of hydrogen-bond donors (Lipinski definition) is 2. The van der Waals surface area contributed by atoms with Gasteiger partial charge in [-0.1, -0.05) is 25.0 Å². The molecule has 0 unspecified atom stereocenters. The minimum atomic E-state index is -0.415. The van der Waals surface area contributed by atoms with Gasteiger partial charge in [0.2, 0.25) is 5.91 Å². The van der Waals surface area contributed by atoms with Crippen molar-refractivity contribution >= 4 is 41.5 Å². The molecule has 1 aliphatic carbocycles. The molecule has 0 heterocycles. The molecule has 1 aliphatic rings. The summed E-state index contributed by atoms with van der Waals surface area (Å²) in [6.45, 7) is 6.44. The van der Waals surface area contributed by atoms with Gasteiger partial charge in [0.25, 0.3) is 5.69 Å². The predicted octanol–water partition coefficient (Wildman–Crippen LogP) is 3.45. The molecular weight excluding hydrogens is 485 g/mol. The zero-order chi connectivity index (χ0) is 20.7. The van der Waals surface area contributed by atoms with Crippen molar-refractivity contribution in [3.05, 3.63) is 39.9 Å². The molecular formula is C20H32IN5O3. The number of aliphatic imine (C=N–C) groups is 1. The van der Waals surface area contributed by atoms with Gasteiger partial charge in [0, 0.05) is 30.8 Å². The summed E-state index contributed by atoms with van der Waals surface area (Å²) in [7, 11) is 1.85. The lowest BCUT2D eigenvalue weighted by molar-refractivity contribution is -0.384. The van der Waals surface area contributed by atoms with Crippen molar-refractivity contribution in [2.24, 2.45) is 4.99 Å². The highest BCUT2D eigenvalue weighted by atomic mass is 127. The Morgan fingerprint density at radius 3 is 2.34 bits per heavy atom. The van der Waals surface area contributed by atoms with E-state index in [-0.39, 0.29) is 47.7 Å². The van der Waals surface area contributed by atoms with Crippen LogP contribution in [-0.2, 0) is 11.3 Å². The molecule has 1 fully saturated rings. The van der Waals surface area contributed by atoms with Crippen LogP contribution < -0.4 is 10.6 Å². The summed E-state index contributed by atoms with van der Waals surface area (Å²) in [6.07, 6.45) is 4.58. The van der Waals surface area contributed by atoms with Gasteiger partial charge >= 0.3 is 0 Å². The van der Waals surface area contributed by atoms with Crippen LogP contribution in [-0.4, -0.2) is 46.9 Å². The van der Waals surface area contributed by atoms with E-state index in [0.29, 0.717) is 18.5 Å². The Kier molecular flexibility index (Phi) is 9.81. The highest BCUT2D eigenvalue weighted by molar-refractivity contribution is 14.0. The van der Waals surface area contributed by atoms with E-state index in [9.17, 15) is 14.9 Å². The van der Waals surface area contributed by atoms with Gasteiger partial charge < -0.3 is 15.5 Å². The Bertz CT molecular complexity index is 710. The van der Waals surface area contributed by atoms with E-state index >= 15 is 0 Å². The number of carbonyl (C=O) groups is 1. The third-order valence-electron chi connectivity index (χ3n) is 4.50. The van der Waals surface area contributed by atoms with Gasteiger partial charge in [0.15, 0.2) is 5.96 Å². The van der Waals surface area contributed by atoms with Crippen LogP contribution in [0.3, 0.4) is 0 Å². The molecule has 2 N–H and O–H groups in total.